The summed E-state index contributed by atoms with van der Waals surface area (Å²) < 4.78 is 42.1. The number of nitrogens with zero attached hydrogens (tertiary/aromatic N) is 2. The Balaban J connectivity index is 1.56. The number of alkyl halides is 3. The number of rotatable bonds is 11. The third kappa shape index (κ3) is 6.65. The van der Waals surface area contributed by atoms with Crippen molar-refractivity contribution in [2.75, 3.05) is 6.67 Å². The number of carbonyl (C=O) groups excluding carboxylic acids is 1. The molecule has 7 nitrogen and oxygen atoms in total. The van der Waals surface area contributed by atoms with E-state index in [1.807, 2.05) is 12.1 Å². The first-order valence-corrected chi connectivity index (χ1v) is 10.4. The molecule has 1 heterocycles. The number of nitrogens with one attached hydrogen (secondary N) is 2. The number of aromatic nitrogens is 1. The van der Waals surface area contributed by atoms with Crippen molar-refractivity contribution in [2.45, 2.75) is 44.0 Å². The molecular formula is C20H23F3N4O3S. The van der Waals surface area contributed by atoms with Gasteiger partial charge in [-0.3, -0.25) is 9.78 Å². The lowest BCUT2D eigenvalue weighted by Gasteiger charge is -2.22. The predicted octanol–water partition coefficient (Wildman–Crippen LogP) is 3.01. The molecule has 168 valence electrons. The van der Waals surface area contributed by atoms with E-state index in [1.54, 1.807) is 23.6 Å². The number of hydrogen-bond donors (Lipinski definition) is 4. The van der Waals surface area contributed by atoms with E-state index >= 15 is 0 Å². The molecule has 3 rings (SSSR count). The Labute approximate surface area is 181 Å². The molecule has 0 radical (unpaired) electrons. The lowest BCUT2D eigenvalue weighted by Crippen LogP contribution is -2.43. The zero-order valence-corrected chi connectivity index (χ0v) is 17.2. The predicted molar refractivity (Wildman–Crippen MR) is 110 cm³/mol. The van der Waals surface area contributed by atoms with Crippen LogP contribution in [0.2, 0.25) is 0 Å². The van der Waals surface area contributed by atoms with Crippen LogP contribution in [-0.2, 0) is 11.3 Å². The molecule has 0 bridgehead atoms. The molecule has 2 unspecified atom stereocenters. The molecule has 0 saturated heterocycles. The molecule has 0 aliphatic heterocycles. The molecule has 1 aliphatic carbocycles. The fourth-order valence-corrected chi connectivity index (χ4v) is 3.50. The van der Waals surface area contributed by atoms with Crippen LogP contribution >= 0.6 is 12.1 Å². The quantitative estimate of drug-likeness (QED) is 0.305. The second kappa shape index (κ2) is 10.9. The topological polar surface area (TPSA) is 97.7 Å². The number of amides is 1. The van der Waals surface area contributed by atoms with E-state index in [0.717, 1.165) is 41.8 Å². The molecule has 4 N–H and O–H groups in total. The zero-order chi connectivity index (χ0) is 22.4. The Bertz CT molecular complexity index is 854. The summed E-state index contributed by atoms with van der Waals surface area (Å²) in [5.41, 5.74) is 2.68. The molecule has 2 aromatic rings. The second-order valence-electron chi connectivity index (χ2n) is 7.12. The normalized spacial score (nSPS) is 15.8. The van der Waals surface area contributed by atoms with Crippen LogP contribution in [0.3, 0.4) is 0 Å². The highest BCUT2D eigenvalue weighted by Gasteiger charge is 2.29. The number of aliphatic hydroxyl groups is 1. The first kappa shape index (κ1) is 23.5. The molecule has 1 amide bonds. The minimum absolute atomic E-state index is 0.218. The molecule has 2 atom stereocenters. The number of hydroxylamine groups is 1. The summed E-state index contributed by atoms with van der Waals surface area (Å²) in [6, 6.07) is 8.91. The maximum Gasteiger partial charge on any atom is 0.315 e. The summed E-state index contributed by atoms with van der Waals surface area (Å²) in [4.78, 5) is 15.4. The standard InChI is InChI=1S/C20H23F3N4O3S/c21-9-17(26-20(29)19(22)23)18(28)13-3-1-12(2-4-13)14-5-6-15(24-10-14)11-25-31-27(30)16-7-8-16/h1-6,10,16-19,25,28,30H,7-9,11H2,(H,26,29). The SMILES string of the molecule is O=C(NC(CF)C(O)c1ccc(-c2ccc(CNSN(O)C3CC3)nc2)cc1)C(F)F. The highest BCUT2D eigenvalue weighted by Crippen LogP contribution is 2.29. The van der Waals surface area contributed by atoms with Gasteiger partial charge in [-0.25, -0.2) is 9.11 Å². The average molecular weight is 456 g/mol. The molecule has 0 spiro atoms. The van der Waals surface area contributed by atoms with Gasteiger partial charge in [0.2, 0.25) is 0 Å². The number of pyridine rings is 1. The van der Waals surface area contributed by atoms with Crippen LogP contribution < -0.4 is 10.0 Å². The molecule has 1 aliphatic rings. The van der Waals surface area contributed by atoms with Gasteiger partial charge in [0.15, 0.2) is 0 Å². The van der Waals surface area contributed by atoms with Crippen LogP contribution in [0.5, 0.6) is 0 Å². The van der Waals surface area contributed by atoms with Crippen molar-refractivity contribution in [1.82, 2.24) is 19.5 Å². The summed E-state index contributed by atoms with van der Waals surface area (Å²) in [5.74, 6) is -1.63. The fourth-order valence-electron chi connectivity index (χ4n) is 2.79. The van der Waals surface area contributed by atoms with Crippen LogP contribution in [-0.4, -0.2) is 50.9 Å². The number of hydrogen-bond acceptors (Lipinski definition) is 7. The summed E-state index contributed by atoms with van der Waals surface area (Å²) in [5, 5.41) is 21.7. The molecule has 1 aromatic carbocycles. The summed E-state index contributed by atoms with van der Waals surface area (Å²) in [6.45, 7) is -0.720. The lowest BCUT2D eigenvalue weighted by atomic mass is 9.99. The van der Waals surface area contributed by atoms with E-state index < -0.39 is 31.2 Å². The van der Waals surface area contributed by atoms with Gasteiger partial charge in [0, 0.05) is 36.5 Å². The van der Waals surface area contributed by atoms with Gasteiger partial charge in [-0.1, -0.05) is 30.3 Å². The zero-order valence-electron chi connectivity index (χ0n) is 16.4. The van der Waals surface area contributed by atoms with E-state index in [-0.39, 0.29) is 11.6 Å². The molecule has 31 heavy (non-hydrogen) atoms. The number of benzene rings is 1. The van der Waals surface area contributed by atoms with Gasteiger partial charge in [0.25, 0.3) is 5.91 Å². The van der Waals surface area contributed by atoms with Gasteiger partial charge >= 0.3 is 6.43 Å². The third-order valence-corrected chi connectivity index (χ3v) is 5.51. The number of aliphatic hydroxyl groups excluding tert-OH is 1. The van der Waals surface area contributed by atoms with Crippen molar-refractivity contribution >= 4 is 18.0 Å². The Morgan fingerprint density at radius 2 is 1.87 bits per heavy atom. The molecular weight excluding hydrogens is 433 g/mol. The van der Waals surface area contributed by atoms with Gasteiger partial charge in [0.05, 0.1) is 11.7 Å². The largest absolute Gasteiger partial charge is 0.386 e. The Kier molecular flexibility index (Phi) is 8.27. The second-order valence-corrected chi connectivity index (χ2v) is 7.97. The van der Waals surface area contributed by atoms with Crippen LogP contribution in [0.15, 0.2) is 42.6 Å². The molecule has 11 heteroatoms. The smallest absolute Gasteiger partial charge is 0.315 e. The lowest BCUT2D eigenvalue weighted by molar-refractivity contribution is -0.133. The van der Waals surface area contributed by atoms with E-state index in [0.29, 0.717) is 6.54 Å². The van der Waals surface area contributed by atoms with Crippen LogP contribution in [0.1, 0.15) is 30.2 Å². The van der Waals surface area contributed by atoms with Gasteiger partial charge in [-0.05, 0) is 30.0 Å². The number of halogens is 3. The Morgan fingerprint density at radius 3 is 2.42 bits per heavy atom. The highest BCUT2D eigenvalue weighted by atomic mass is 32.2. The van der Waals surface area contributed by atoms with Gasteiger partial charge in [-0.15, -0.1) is 4.47 Å². The minimum Gasteiger partial charge on any atom is -0.386 e. The van der Waals surface area contributed by atoms with Crippen molar-refractivity contribution < 1.29 is 28.3 Å². The van der Waals surface area contributed by atoms with Crippen molar-refractivity contribution in [3.8, 4) is 11.1 Å². The van der Waals surface area contributed by atoms with E-state index in [1.165, 1.54) is 16.6 Å². The Morgan fingerprint density at radius 1 is 1.19 bits per heavy atom. The van der Waals surface area contributed by atoms with Gasteiger partial charge in [-0.2, -0.15) is 8.78 Å². The van der Waals surface area contributed by atoms with E-state index in [4.69, 9.17) is 0 Å². The van der Waals surface area contributed by atoms with Crippen LogP contribution in [0, 0.1) is 0 Å². The summed E-state index contributed by atoms with van der Waals surface area (Å²) in [7, 11) is 0. The first-order valence-electron chi connectivity index (χ1n) is 9.64. The monoisotopic (exact) mass is 456 g/mol. The maximum atomic E-state index is 13.1. The first-order chi connectivity index (χ1) is 14.9. The minimum atomic E-state index is -3.28. The van der Waals surface area contributed by atoms with Gasteiger partial charge < -0.3 is 15.6 Å². The number of carbonyl (C=O) groups is 1. The highest BCUT2D eigenvalue weighted by molar-refractivity contribution is 7.94. The fraction of sp³-hybridized carbons (Fsp3) is 0.400. The van der Waals surface area contributed by atoms with Crippen molar-refractivity contribution in [1.29, 1.82) is 0 Å². The maximum absolute atomic E-state index is 13.1. The molecule has 1 saturated carbocycles. The van der Waals surface area contributed by atoms with Crippen molar-refractivity contribution in [3.63, 3.8) is 0 Å². The summed E-state index contributed by atoms with van der Waals surface area (Å²) >= 11 is 1.14. The third-order valence-electron chi connectivity index (χ3n) is 4.75. The van der Waals surface area contributed by atoms with E-state index in [2.05, 4.69) is 9.71 Å². The summed E-state index contributed by atoms with van der Waals surface area (Å²) in [6.07, 6.45) is -1.08. The van der Waals surface area contributed by atoms with E-state index in [9.17, 15) is 28.3 Å². The molecule has 1 fully saturated rings. The van der Waals surface area contributed by atoms with Crippen molar-refractivity contribution in [2.24, 2.45) is 0 Å². The van der Waals surface area contributed by atoms with Crippen LogP contribution in [0.4, 0.5) is 13.2 Å². The molecule has 1 aromatic heterocycles. The average Bonchev–Trinajstić information content (AvgIpc) is 3.63. The van der Waals surface area contributed by atoms with Crippen LogP contribution in [0.25, 0.3) is 11.1 Å². The van der Waals surface area contributed by atoms with Gasteiger partial charge in [0.1, 0.15) is 12.8 Å². The Hall–Kier alpha value is -2.18. The van der Waals surface area contributed by atoms with Crippen molar-refractivity contribution in [3.05, 3.63) is 53.9 Å².